The lowest BCUT2D eigenvalue weighted by Crippen LogP contribution is -2.26. The zero-order chi connectivity index (χ0) is 11.5. The second-order valence-electron chi connectivity index (χ2n) is 3.25. The molecule has 0 aliphatic rings. The van der Waals surface area contributed by atoms with Gasteiger partial charge in [0, 0.05) is 35.8 Å². The molecule has 1 aromatic rings. The van der Waals surface area contributed by atoms with Gasteiger partial charge in [-0.05, 0) is 22.6 Å². The van der Waals surface area contributed by atoms with Crippen molar-refractivity contribution in [2.24, 2.45) is 0 Å². The lowest BCUT2D eigenvalue weighted by Gasteiger charge is -2.15. The summed E-state index contributed by atoms with van der Waals surface area (Å²) in [6.45, 7) is 0.402. The van der Waals surface area contributed by atoms with E-state index >= 15 is 0 Å². The minimum Gasteiger partial charge on any atom is -0.343 e. The quantitative estimate of drug-likeness (QED) is 0.749. The molecule has 15 heavy (non-hydrogen) atoms. The van der Waals surface area contributed by atoms with Crippen molar-refractivity contribution >= 4 is 38.4 Å². The molecule has 0 saturated carbocycles. The molecule has 0 bridgehead atoms. The number of anilines is 1. The molecule has 1 rings (SSSR count). The van der Waals surface area contributed by atoms with Crippen LogP contribution in [0.1, 0.15) is 0 Å². The van der Waals surface area contributed by atoms with Crippen molar-refractivity contribution in [1.29, 1.82) is 0 Å². The van der Waals surface area contributed by atoms with Gasteiger partial charge in [0.25, 0.3) is 0 Å². The van der Waals surface area contributed by atoms with Gasteiger partial charge in [0.2, 0.25) is 5.95 Å². The van der Waals surface area contributed by atoms with Crippen LogP contribution in [0, 0.1) is 3.57 Å². The van der Waals surface area contributed by atoms with Gasteiger partial charge in [0.1, 0.15) is 9.84 Å². The van der Waals surface area contributed by atoms with E-state index < -0.39 is 9.84 Å². The summed E-state index contributed by atoms with van der Waals surface area (Å²) in [5.41, 5.74) is 0. The van der Waals surface area contributed by atoms with Gasteiger partial charge in [-0.15, -0.1) is 0 Å². The molecular formula is C8H12IN3O2S. The molecule has 0 fully saturated rings. The molecule has 0 radical (unpaired) electrons. The Kier molecular flexibility index (Phi) is 4.26. The van der Waals surface area contributed by atoms with E-state index in [1.54, 1.807) is 24.3 Å². The largest absolute Gasteiger partial charge is 0.343 e. The van der Waals surface area contributed by atoms with E-state index in [1.165, 1.54) is 6.26 Å². The highest BCUT2D eigenvalue weighted by Gasteiger charge is 2.07. The van der Waals surface area contributed by atoms with Crippen LogP contribution in [0.15, 0.2) is 12.4 Å². The fourth-order valence-corrected chi connectivity index (χ4v) is 1.79. The van der Waals surface area contributed by atoms with E-state index in [9.17, 15) is 8.42 Å². The van der Waals surface area contributed by atoms with Crippen molar-refractivity contribution in [2.75, 3.05) is 30.5 Å². The highest BCUT2D eigenvalue weighted by molar-refractivity contribution is 14.1. The van der Waals surface area contributed by atoms with Crippen LogP contribution in [0.2, 0.25) is 0 Å². The molecule has 7 heteroatoms. The maximum Gasteiger partial charge on any atom is 0.225 e. The van der Waals surface area contributed by atoms with Crippen molar-refractivity contribution in [3.05, 3.63) is 16.0 Å². The molecule has 0 spiro atoms. The predicted molar refractivity (Wildman–Crippen MR) is 67.7 cm³/mol. The van der Waals surface area contributed by atoms with Crippen LogP contribution in [0.3, 0.4) is 0 Å². The predicted octanol–water partition coefficient (Wildman–Crippen LogP) is 0.562. The SMILES string of the molecule is CN(CCS(C)(=O)=O)c1ncc(I)cn1. The molecule has 5 nitrogen and oxygen atoms in total. The summed E-state index contributed by atoms with van der Waals surface area (Å²) >= 11 is 2.11. The first kappa shape index (κ1) is 12.6. The van der Waals surface area contributed by atoms with Gasteiger partial charge >= 0.3 is 0 Å². The van der Waals surface area contributed by atoms with Crippen LogP contribution >= 0.6 is 22.6 Å². The molecule has 1 heterocycles. The summed E-state index contributed by atoms with van der Waals surface area (Å²) in [5, 5.41) is 0. The molecule has 0 atom stereocenters. The Morgan fingerprint density at radius 2 is 1.93 bits per heavy atom. The molecule has 1 aromatic heterocycles. The Labute approximate surface area is 103 Å². The van der Waals surface area contributed by atoms with E-state index in [4.69, 9.17) is 0 Å². The van der Waals surface area contributed by atoms with Gasteiger partial charge in [0.05, 0.1) is 5.75 Å². The fraction of sp³-hybridized carbons (Fsp3) is 0.500. The Hall–Kier alpha value is -0.440. The molecule has 0 saturated heterocycles. The average Bonchev–Trinajstić information content (AvgIpc) is 2.14. The molecular weight excluding hydrogens is 329 g/mol. The minimum absolute atomic E-state index is 0.110. The van der Waals surface area contributed by atoms with E-state index in [1.807, 2.05) is 0 Å². The van der Waals surface area contributed by atoms with Crippen LogP contribution in [-0.2, 0) is 9.84 Å². The van der Waals surface area contributed by atoms with E-state index in [0.29, 0.717) is 12.5 Å². The van der Waals surface area contributed by atoms with Gasteiger partial charge in [-0.2, -0.15) is 0 Å². The van der Waals surface area contributed by atoms with Crippen LogP contribution in [-0.4, -0.2) is 44.0 Å². The molecule has 0 aliphatic heterocycles. The summed E-state index contributed by atoms with van der Waals surface area (Å²) in [6.07, 6.45) is 4.61. The maximum atomic E-state index is 11.0. The van der Waals surface area contributed by atoms with E-state index in [2.05, 4.69) is 32.6 Å². The first-order valence-electron chi connectivity index (χ1n) is 4.25. The smallest absolute Gasteiger partial charge is 0.225 e. The number of aromatic nitrogens is 2. The molecule has 0 unspecified atom stereocenters. The Morgan fingerprint density at radius 3 is 2.40 bits per heavy atom. The first-order valence-corrected chi connectivity index (χ1v) is 7.39. The lowest BCUT2D eigenvalue weighted by molar-refractivity contribution is 0.601. The van der Waals surface area contributed by atoms with Gasteiger partial charge < -0.3 is 4.90 Å². The second-order valence-corrected chi connectivity index (χ2v) is 6.76. The van der Waals surface area contributed by atoms with Crippen LogP contribution in [0.25, 0.3) is 0 Å². The van der Waals surface area contributed by atoms with Crippen LogP contribution in [0.4, 0.5) is 5.95 Å². The normalized spacial score (nSPS) is 11.4. The monoisotopic (exact) mass is 341 g/mol. The van der Waals surface area contributed by atoms with Crippen molar-refractivity contribution < 1.29 is 8.42 Å². The highest BCUT2D eigenvalue weighted by atomic mass is 127. The highest BCUT2D eigenvalue weighted by Crippen LogP contribution is 2.06. The fourth-order valence-electron chi connectivity index (χ4n) is 0.905. The summed E-state index contributed by atoms with van der Waals surface area (Å²) in [7, 11) is -1.16. The number of nitrogens with zero attached hydrogens (tertiary/aromatic N) is 3. The zero-order valence-corrected chi connectivity index (χ0v) is 11.5. The minimum atomic E-state index is -2.93. The third-order valence-corrected chi connectivity index (χ3v) is 3.23. The summed E-state index contributed by atoms with van der Waals surface area (Å²) in [5.74, 6) is 0.651. The molecule has 0 N–H and O–H groups in total. The average molecular weight is 341 g/mol. The van der Waals surface area contributed by atoms with Gasteiger partial charge in [-0.25, -0.2) is 18.4 Å². The Balaban J connectivity index is 2.61. The molecule has 0 aliphatic carbocycles. The second kappa shape index (κ2) is 5.06. The third-order valence-electron chi connectivity index (χ3n) is 1.75. The topological polar surface area (TPSA) is 63.2 Å². The van der Waals surface area contributed by atoms with Crippen LogP contribution < -0.4 is 4.90 Å². The number of halogens is 1. The third kappa shape index (κ3) is 4.74. The number of rotatable bonds is 4. The van der Waals surface area contributed by atoms with Crippen molar-refractivity contribution in [3.63, 3.8) is 0 Å². The van der Waals surface area contributed by atoms with Crippen molar-refractivity contribution in [2.45, 2.75) is 0 Å². The van der Waals surface area contributed by atoms with E-state index in [-0.39, 0.29) is 5.75 Å². The van der Waals surface area contributed by atoms with Gasteiger partial charge in [-0.1, -0.05) is 0 Å². The Bertz CT molecular complexity index is 418. The van der Waals surface area contributed by atoms with Crippen molar-refractivity contribution in [1.82, 2.24) is 9.97 Å². The zero-order valence-electron chi connectivity index (χ0n) is 8.51. The standard InChI is InChI=1S/C8H12IN3O2S/c1-12(3-4-15(2,13)14)8-10-5-7(9)6-11-8/h5-6H,3-4H2,1-2H3. The van der Waals surface area contributed by atoms with Gasteiger partial charge in [-0.3, -0.25) is 0 Å². The number of hydrogen-bond donors (Lipinski definition) is 0. The van der Waals surface area contributed by atoms with E-state index in [0.717, 1.165) is 3.57 Å². The van der Waals surface area contributed by atoms with Crippen molar-refractivity contribution in [3.8, 4) is 0 Å². The summed E-state index contributed by atoms with van der Waals surface area (Å²) in [4.78, 5) is 9.90. The van der Waals surface area contributed by atoms with Gasteiger partial charge in [0.15, 0.2) is 0 Å². The number of sulfone groups is 1. The maximum absolute atomic E-state index is 11.0. The summed E-state index contributed by atoms with van der Waals surface area (Å²) < 4.78 is 22.9. The molecule has 0 amide bonds. The summed E-state index contributed by atoms with van der Waals surface area (Å²) in [6, 6.07) is 0. The lowest BCUT2D eigenvalue weighted by atomic mass is 10.6. The Morgan fingerprint density at radius 1 is 1.40 bits per heavy atom. The van der Waals surface area contributed by atoms with Crippen LogP contribution in [0.5, 0.6) is 0 Å². The molecule has 0 aromatic carbocycles. The number of hydrogen-bond acceptors (Lipinski definition) is 5. The molecule has 84 valence electrons. The first-order chi connectivity index (χ1) is 6.88.